The van der Waals surface area contributed by atoms with Crippen LogP contribution in [0.2, 0.25) is 5.02 Å². The van der Waals surface area contributed by atoms with Crippen molar-refractivity contribution < 1.29 is 8.42 Å². The number of sulfonamides is 1. The Morgan fingerprint density at radius 3 is 2.60 bits per heavy atom. The molecule has 20 heavy (non-hydrogen) atoms. The smallest absolute Gasteiger partial charge is 0.244 e. The monoisotopic (exact) mass is 317 g/mol. The van der Waals surface area contributed by atoms with Crippen molar-refractivity contribution in [1.29, 1.82) is 0 Å². The first-order valence-corrected chi connectivity index (χ1v) is 8.53. The number of aromatic nitrogens is 1. The number of hydrogen-bond donors (Lipinski definition) is 1. The second-order valence-electron chi connectivity index (χ2n) is 5.45. The van der Waals surface area contributed by atoms with Crippen LogP contribution in [0.1, 0.15) is 26.7 Å². The van der Waals surface area contributed by atoms with E-state index in [0.717, 1.165) is 12.8 Å². The summed E-state index contributed by atoms with van der Waals surface area (Å²) in [5, 5.41) is 3.13. The summed E-state index contributed by atoms with van der Waals surface area (Å²) in [5.74, 6) is 0.762. The standard InChI is InChI=1S/C13H20ClN3O2S/c1-9(2)8-17(10-4-5-10)20(18,19)11-6-12(14)13(15-3)16-7-11/h6-7,9-10H,4-5,8H2,1-3H3,(H,15,16). The molecule has 1 N–H and O–H groups in total. The van der Waals surface area contributed by atoms with E-state index in [1.54, 1.807) is 11.4 Å². The number of nitrogens with one attached hydrogen (secondary N) is 1. The zero-order valence-corrected chi connectivity index (χ0v) is 13.5. The number of hydrogen-bond acceptors (Lipinski definition) is 4. The molecule has 0 bridgehead atoms. The zero-order chi connectivity index (χ0) is 14.9. The molecule has 0 aliphatic heterocycles. The summed E-state index contributed by atoms with van der Waals surface area (Å²) in [4.78, 5) is 4.22. The first-order valence-electron chi connectivity index (χ1n) is 6.71. The average molecular weight is 318 g/mol. The van der Waals surface area contributed by atoms with E-state index in [0.29, 0.717) is 17.4 Å². The van der Waals surface area contributed by atoms with Gasteiger partial charge in [0.25, 0.3) is 0 Å². The number of anilines is 1. The summed E-state index contributed by atoms with van der Waals surface area (Å²) < 4.78 is 27.0. The molecule has 1 aliphatic carbocycles. The van der Waals surface area contributed by atoms with E-state index < -0.39 is 10.0 Å². The fourth-order valence-electron chi connectivity index (χ4n) is 2.05. The molecular weight excluding hydrogens is 298 g/mol. The molecular formula is C13H20ClN3O2S. The van der Waals surface area contributed by atoms with Crippen molar-refractivity contribution >= 4 is 27.4 Å². The van der Waals surface area contributed by atoms with Crippen LogP contribution in [0.5, 0.6) is 0 Å². The lowest BCUT2D eigenvalue weighted by Gasteiger charge is -2.23. The second kappa shape index (κ2) is 5.87. The quantitative estimate of drug-likeness (QED) is 0.876. The molecule has 112 valence electrons. The van der Waals surface area contributed by atoms with Gasteiger partial charge < -0.3 is 5.32 Å². The first kappa shape index (κ1) is 15.5. The lowest BCUT2D eigenvalue weighted by atomic mass is 10.2. The first-order chi connectivity index (χ1) is 9.36. The topological polar surface area (TPSA) is 62.3 Å². The molecule has 0 amide bonds. The van der Waals surface area contributed by atoms with Crippen molar-refractivity contribution in [3.05, 3.63) is 17.3 Å². The summed E-state index contributed by atoms with van der Waals surface area (Å²) >= 11 is 6.03. The fourth-order valence-corrected chi connectivity index (χ4v) is 4.19. The number of halogens is 1. The molecule has 0 radical (unpaired) electrons. The molecule has 1 aromatic heterocycles. The van der Waals surface area contributed by atoms with Gasteiger partial charge in [0.1, 0.15) is 10.7 Å². The highest BCUT2D eigenvalue weighted by atomic mass is 35.5. The van der Waals surface area contributed by atoms with Gasteiger partial charge in [0, 0.05) is 25.8 Å². The Kier molecular flexibility index (Phi) is 4.56. The van der Waals surface area contributed by atoms with Crippen molar-refractivity contribution in [3.8, 4) is 0 Å². The Balaban J connectivity index is 2.34. The molecule has 1 heterocycles. The van der Waals surface area contributed by atoms with E-state index in [4.69, 9.17) is 11.6 Å². The maximum atomic E-state index is 12.7. The molecule has 0 aromatic carbocycles. The van der Waals surface area contributed by atoms with Crippen LogP contribution < -0.4 is 5.32 Å². The number of nitrogens with zero attached hydrogens (tertiary/aromatic N) is 2. The molecule has 7 heteroatoms. The van der Waals surface area contributed by atoms with E-state index in [-0.39, 0.29) is 16.9 Å². The van der Waals surface area contributed by atoms with Gasteiger partial charge in [-0.2, -0.15) is 4.31 Å². The van der Waals surface area contributed by atoms with Crippen LogP contribution in [-0.4, -0.2) is 37.3 Å². The van der Waals surface area contributed by atoms with Crippen molar-refractivity contribution in [3.63, 3.8) is 0 Å². The van der Waals surface area contributed by atoms with Gasteiger partial charge >= 0.3 is 0 Å². The molecule has 1 aliphatic rings. The Morgan fingerprint density at radius 2 is 2.15 bits per heavy atom. The minimum Gasteiger partial charge on any atom is -0.372 e. The van der Waals surface area contributed by atoms with Gasteiger partial charge in [0.15, 0.2) is 0 Å². The Bertz CT molecular complexity index is 585. The van der Waals surface area contributed by atoms with Crippen molar-refractivity contribution in [1.82, 2.24) is 9.29 Å². The number of pyridine rings is 1. The Labute approximate surface area is 125 Å². The molecule has 0 unspecified atom stereocenters. The minimum atomic E-state index is -3.52. The van der Waals surface area contributed by atoms with Gasteiger partial charge in [-0.1, -0.05) is 25.4 Å². The van der Waals surface area contributed by atoms with Gasteiger partial charge in [0.05, 0.1) is 5.02 Å². The van der Waals surface area contributed by atoms with Crippen LogP contribution in [0, 0.1) is 5.92 Å². The van der Waals surface area contributed by atoms with E-state index in [1.807, 2.05) is 13.8 Å². The highest BCUT2D eigenvalue weighted by Gasteiger charge is 2.38. The molecule has 1 fully saturated rings. The lowest BCUT2D eigenvalue weighted by Crippen LogP contribution is -2.36. The fraction of sp³-hybridized carbons (Fsp3) is 0.615. The summed E-state index contributed by atoms with van der Waals surface area (Å²) in [7, 11) is -1.83. The summed E-state index contributed by atoms with van der Waals surface area (Å²) in [6, 6.07) is 1.59. The van der Waals surface area contributed by atoms with E-state index in [1.165, 1.54) is 12.3 Å². The van der Waals surface area contributed by atoms with Crippen molar-refractivity contribution in [2.75, 3.05) is 18.9 Å². The van der Waals surface area contributed by atoms with Crippen LogP contribution in [0.3, 0.4) is 0 Å². The molecule has 1 saturated carbocycles. The third-order valence-corrected chi connectivity index (χ3v) is 5.33. The molecule has 0 atom stereocenters. The molecule has 0 saturated heterocycles. The van der Waals surface area contributed by atoms with Crippen LogP contribution >= 0.6 is 11.6 Å². The Hall–Kier alpha value is -0.850. The molecule has 0 spiro atoms. The average Bonchev–Trinajstić information content (AvgIpc) is 3.19. The molecule has 1 aromatic rings. The third-order valence-electron chi connectivity index (χ3n) is 3.16. The van der Waals surface area contributed by atoms with Crippen LogP contribution in [0.25, 0.3) is 0 Å². The summed E-state index contributed by atoms with van der Waals surface area (Å²) in [5.41, 5.74) is 0. The normalized spacial score (nSPS) is 15.9. The number of rotatable bonds is 6. The summed E-state index contributed by atoms with van der Waals surface area (Å²) in [6.07, 6.45) is 3.23. The van der Waals surface area contributed by atoms with Crippen molar-refractivity contribution in [2.45, 2.75) is 37.6 Å². The maximum Gasteiger partial charge on any atom is 0.244 e. The predicted molar refractivity (Wildman–Crippen MR) is 80.5 cm³/mol. The van der Waals surface area contributed by atoms with Crippen LogP contribution in [0.15, 0.2) is 17.2 Å². The maximum absolute atomic E-state index is 12.7. The second-order valence-corrected chi connectivity index (χ2v) is 7.75. The Morgan fingerprint density at radius 1 is 1.50 bits per heavy atom. The van der Waals surface area contributed by atoms with Gasteiger partial charge in [0.2, 0.25) is 10.0 Å². The van der Waals surface area contributed by atoms with Crippen molar-refractivity contribution in [2.24, 2.45) is 5.92 Å². The van der Waals surface area contributed by atoms with Gasteiger partial charge in [-0.05, 0) is 24.8 Å². The van der Waals surface area contributed by atoms with Crippen LogP contribution in [0.4, 0.5) is 5.82 Å². The molecule has 5 nitrogen and oxygen atoms in total. The largest absolute Gasteiger partial charge is 0.372 e. The summed E-state index contributed by atoms with van der Waals surface area (Å²) in [6.45, 7) is 4.55. The highest BCUT2D eigenvalue weighted by Crippen LogP contribution is 2.33. The minimum absolute atomic E-state index is 0.130. The van der Waals surface area contributed by atoms with E-state index in [2.05, 4.69) is 10.3 Å². The highest BCUT2D eigenvalue weighted by molar-refractivity contribution is 7.89. The van der Waals surface area contributed by atoms with Gasteiger partial charge in [-0.15, -0.1) is 0 Å². The predicted octanol–water partition coefficient (Wildman–Crippen LogP) is 2.59. The van der Waals surface area contributed by atoms with E-state index in [9.17, 15) is 8.42 Å². The lowest BCUT2D eigenvalue weighted by molar-refractivity contribution is 0.360. The van der Waals surface area contributed by atoms with Crippen LogP contribution in [-0.2, 0) is 10.0 Å². The zero-order valence-electron chi connectivity index (χ0n) is 11.9. The van der Waals surface area contributed by atoms with Gasteiger partial charge in [-0.25, -0.2) is 13.4 Å². The van der Waals surface area contributed by atoms with E-state index >= 15 is 0 Å². The van der Waals surface area contributed by atoms with Gasteiger partial charge in [-0.3, -0.25) is 0 Å². The SMILES string of the molecule is CNc1ncc(S(=O)(=O)N(CC(C)C)C2CC2)cc1Cl. The molecule has 2 rings (SSSR count). The third kappa shape index (κ3) is 3.24.